The van der Waals surface area contributed by atoms with Gasteiger partial charge in [-0.05, 0) is 48.9 Å². The molecule has 1 N–H and O–H groups in total. The van der Waals surface area contributed by atoms with Gasteiger partial charge in [0.15, 0.2) is 0 Å². The quantitative estimate of drug-likeness (QED) is 0.727. The molecule has 1 atom stereocenters. The molecule has 1 saturated heterocycles. The van der Waals surface area contributed by atoms with E-state index in [2.05, 4.69) is 26.1 Å². The number of carbonyl (C=O) groups excluding carboxylic acids is 1. The molecule has 0 bridgehead atoms. The summed E-state index contributed by atoms with van der Waals surface area (Å²) in [4.78, 5) is 11.2. The summed E-state index contributed by atoms with van der Waals surface area (Å²) in [6.07, 6.45) is 6.17. The maximum Gasteiger partial charge on any atom is 0.220 e. The molecular weight excluding hydrogens is 198 g/mol. The van der Waals surface area contributed by atoms with E-state index in [0.29, 0.717) is 11.3 Å². The summed E-state index contributed by atoms with van der Waals surface area (Å²) in [7, 11) is 0. The van der Waals surface area contributed by atoms with Crippen LogP contribution in [0.5, 0.6) is 0 Å². The first-order valence-corrected chi connectivity index (χ1v) is 6.73. The van der Waals surface area contributed by atoms with Gasteiger partial charge >= 0.3 is 0 Å². The maximum atomic E-state index is 11.2. The first kappa shape index (κ1) is 11.9. The Morgan fingerprint density at radius 1 is 1.06 bits per heavy atom. The average Bonchev–Trinajstić information content (AvgIpc) is 2.64. The van der Waals surface area contributed by atoms with Crippen LogP contribution >= 0.6 is 0 Å². The molecule has 1 amide bonds. The molecule has 2 nitrogen and oxygen atoms in total. The Morgan fingerprint density at radius 2 is 1.69 bits per heavy atom. The molecule has 0 radical (unpaired) electrons. The second-order valence-corrected chi connectivity index (χ2v) is 6.75. The fourth-order valence-corrected chi connectivity index (χ4v) is 3.42. The van der Waals surface area contributed by atoms with Crippen LogP contribution in [0, 0.1) is 23.2 Å². The van der Waals surface area contributed by atoms with E-state index < -0.39 is 0 Å². The van der Waals surface area contributed by atoms with Crippen molar-refractivity contribution in [2.24, 2.45) is 23.2 Å². The number of nitrogens with one attached hydrogen (secondary N) is 1. The Hall–Kier alpha value is -0.530. The van der Waals surface area contributed by atoms with Crippen molar-refractivity contribution in [3.05, 3.63) is 0 Å². The molecule has 16 heavy (non-hydrogen) atoms. The number of hydrogen-bond donors (Lipinski definition) is 1. The van der Waals surface area contributed by atoms with E-state index in [1.807, 2.05) is 0 Å². The summed E-state index contributed by atoms with van der Waals surface area (Å²) in [6, 6.07) is 0. The molecule has 2 aliphatic rings. The van der Waals surface area contributed by atoms with Gasteiger partial charge in [-0.15, -0.1) is 0 Å². The molecule has 0 aromatic heterocycles. The standard InChI is InChI=1S/C14H25NO/c1-14(2,3)12-6-4-10(5-7-12)11-8-13(16)15-9-11/h10-12H,4-9H2,1-3H3,(H,15,16). The molecular formula is C14H25NO. The zero-order chi connectivity index (χ0) is 11.8. The topological polar surface area (TPSA) is 29.1 Å². The van der Waals surface area contributed by atoms with E-state index in [4.69, 9.17) is 0 Å². The monoisotopic (exact) mass is 223 g/mol. The lowest BCUT2D eigenvalue weighted by Gasteiger charge is -2.38. The Morgan fingerprint density at radius 3 is 2.12 bits per heavy atom. The Kier molecular flexibility index (Phi) is 3.27. The number of amides is 1. The van der Waals surface area contributed by atoms with Crippen LogP contribution in [0.15, 0.2) is 0 Å². The van der Waals surface area contributed by atoms with Crippen LogP contribution in [-0.4, -0.2) is 12.5 Å². The summed E-state index contributed by atoms with van der Waals surface area (Å²) < 4.78 is 0. The van der Waals surface area contributed by atoms with Gasteiger partial charge in [0.05, 0.1) is 0 Å². The van der Waals surface area contributed by atoms with Gasteiger partial charge in [0.25, 0.3) is 0 Å². The molecule has 0 spiro atoms. The first-order valence-electron chi connectivity index (χ1n) is 6.73. The average molecular weight is 223 g/mol. The zero-order valence-electron chi connectivity index (χ0n) is 10.9. The molecule has 0 aromatic rings. The van der Waals surface area contributed by atoms with Crippen LogP contribution in [-0.2, 0) is 4.79 Å². The highest BCUT2D eigenvalue weighted by atomic mass is 16.1. The summed E-state index contributed by atoms with van der Waals surface area (Å²) in [6.45, 7) is 8.01. The van der Waals surface area contributed by atoms with E-state index in [1.165, 1.54) is 25.7 Å². The molecule has 2 fully saturated rings. The molecule has 2 rings (SSSR count). The highest BCUT2D eigenvalue weighted by molar-refractivity contribution is 5.78. The molecule has 1 aliphatic heterocycles. The van der Waals surface area contributed by atoms with Gasteiger partial charge in [-0.1, -0.05) is 20.8 Å². The molecule has 2 heteroatoms. The fourth-order valence-electron chi connectivity index (χ4n) is 3.42. The van der Waals surface area contributed by atoms with E-state index in [-0.39, 0.29) is 5.91 Å². The van der Waals surface area contributed by atoms with Crippen LogP contribution in [0.2, 0.25) is 0 Å². The van der Waals surface area contributed by atoms with E-state index in [1.54, 1.807) is 0 Å². The van der Waals surface area contributed by atoms with Gasteiger partial charge < -0.3 is 5.32 Å². The van der Waals surface area contributed by atoms with Gasteiger partial charge in [0, 0.05) is 13.0 Å². The number of rotatable bonds is 1. The number of carbonyl (C=O) groups is 1. The van der Waals surface area contributed by atoms with Crippen LogP contribution in [0.25, 0.3) is 0 Å². The van der Waals surface area contributed by atoms with Crippen molar-refractivity contribution in [2.45, 2.75) is 52.9 Å². The van der Waals surface area contributed by atoms with E-state index >= 15 is 0 Å². The van der Waals surface area contributed by atoms with Gasteiger partial charge in [0.1, 0.15) is 0 Å². The zero-order valence-corrected chi connectivity index (χ0v) is 10.9. The van der Waals surface area contributed by atoms with Crippen molar-refractivity contribution in [3.63, 3.8) is 0 Å². The van der Waals surface area contributed by atoms with Crippen molar-refractivity contribution in [2.75, 3.05) is 6.54 Å². The Bertz CT molecular complexity index is 258. The van der Waals surface area contributed by atoms with Gasteiger partial charge in [-0.25, -0.2) is 0 Å². The molecule has 92 valence electrons. The van der Waals surface area contributed by atoms with Crippen molar-refractivity contribution < 1.29 is 4.79 Å². The predicted molar refractivity (Wildman–Crippen MR) is 66.0 cm³/mol. The molecule has 1 heterocycles. The minimum Gasteiger partial charge on any atom is -0.356 e. The lowest BCUT2D eigenvalue weighted by Crippen LogP contribution is -2.29. The second kappa shape index (κ2) is 4.38. The fraction of sp³-hybridized carbons (Fsp3) is 0.929. The molecule has 1 unspecified atom stereocenters. The van der Waals surface area contributed by atoms with E-state index in [9.17, 15) is 4.79 Å². The number of hydrogen-bond acceptors (Lipinski definition) is 1. The minimum absolute atomic E-state index is 0.267. The van der Waals surface area contributed by atoms with Crippen molar-refractivity contribution in [3.8, 4) is 0 Å². The predicted octanol–water partition coefficient (Wildman–Crippen LogP) is 2.98. The van der Waals surface area contributed by atoms with Gasteiger partial charge in [-0.3, -0.25) is 4.79 Å². The SMILES string of the molecule is CC(C)(C)C1CCC(C2CNC(=O)C2)CC1. The molecule has 1 saturated carbocycles. The highest BCUT2D eigenvalue weighted by Gasteiger charge is 2.35. The normalized spacial score (nSPS) is 36.2. The molecule has 1 aliphatic carbocycles. The van der Waals surface area contributed by atoms with Crippen LogP contribution in [0.1, 0.15) is 52.9 Å². The third-order valence-electron chi connectivity index (χ3n) is 4.67. The summed E-state index contributed by atoms with van der Waals surface area (Å²) in [5, 5.41) is 2.97. The largest absolute Gasteiger partial charge is 0.356 e. The van der Waals surface area contributed by atoms with Crippen LogP contribution < -0.4 is 5.32 Å². The third kappa shape index (κ3) is 2.58. The van der Waals surface area contributed by atoms with E-state index in [0.717, 1.165) is 24.8 Å². The second-order valence-electron chi connectivity index (χ2n) is 6.75. The van der Waals surface area contributed by atoms with Crippen molar-refractivity contribution in [1.82, 2.24) is 5.32 Å². The first-order chi connectivity index (χ1) is 7.47. The van der Waals surface area contributed by atoms with Crippen molar-refractivity contribution >= 4 is 5.91 Å². The Labute approximate surface area is 99.2 Å². The Balaban J connectivity index is 1.83. The summed E-state index contributed by atoms with van der Waals surface area (Å²) in [5.41, 5.74) is 0.467. The third-order valence-corrected chi connectivity index (χ3v) is 4.67. The van der Waals surface area contributed by atoms with Gasteiger partial charge in [-0.2, -0.15) is 0 Å². The van der Waals surface area contributed by atoms with Crippen LogP contribution in [0.3, 0.4) is 0 Å². The maximum absolute atomic E-state index is 11.2. The molecule has 0 aromatic carbocycles. The van der Waals surface area contributed by atoms with Gasteiger partial charge in [0.2, 0.25) is 5.91 Å². The lowest BCUT2D eigenvalue weighted by molar-refractivity contribution is -0.119. The minimum atomic E-state index is 0.267. The van der Waals surface area contributed by atoms with Crippen LogP contribution in [0.4, 0.5) is 0 Å². The summed E-state index contributed by atoms with van der Waals surface area (Å²) >= 11 is 0. The highest BCUT2D eigenvalue weighted by Crippen LogP contribution is 2.42. The van der Waals surface area contributed by atoms with Crippen molar-refractivity contribution in [1.29, 1.82) is 0 Å². The lowest BCUT2D eigenvalue weighted by atomic mass is 9.67. The summed E-state index contributed by atoms with van der Waals surface area (Å²) in [5.74, 6) is 2.59. The smallest absolute Gasteiger partial charge is 0.220 e.